The maximum Gasteiger partial charge on any atom is 0.215 e. The minimum atomic E-state index is -3.41. The molecule has 0 aliphatic carbocycles. The molecule has 0 saturated carbocycles. The van der Waals surface area contributed by atoms with Gasteiger partial charge in [0.2, 0.25) is 10.0 Å². The van der Waals surface area contributed by atoms with Gasteiger partial charge < -0.3 is 10.1 Å². The molecule has 27 heavy (non-hydrogen) atoms. The maximum absolute atomic E-state index is 12.0. The van der Waals surface area contributed by atoms with E-state index in [1.165, 1.54) is 0 Å². The summed E-state index contributed by atoms with van der Waals surface area (Å²) >= 11 is 0. The normalized spacial score (nSPS) is 11.3. The van der Waals surface area contributed by atoms with Crippen molar-refractivity contribution < 1.29 is 13.2 Å². The first kappa shape index (κ1) is 18.8. The van der Waals surface area contributed by atoms with Gasteiger partial charge in [-0.15, -0.1) is 10.2 Å². The van der Waals surface area contributed by atoms with Crippen LogP contribution in [0, 0.1) is 0 Å². The van der Waals surface area contributed by atoms with E-state index in [4.69, 9.17) is 4.74 Å². The molecule has 0 aliphatic heterocycles. The van der Waals surface area contributed by atoms with E-state index in [-0.39, 0.29) is 18.9 Å². The number of nitrogens with zero attached hydrogens (tertiary/aromatic N) is 4. The number of para-hydroxylation sites is 1. The lowest BCUT2D eigenvalue weighted by molar-refractivity contribution is 0.340. The Kier molecular flexibility index (Phi) is 6.34. The van der Waals surface area contributed by atoms with Gasteiger partial charge in [-0.3, -0.25) is 0 Å². The van der Waals surface area contributed by atoms with Gasteiger partial charge in [0.25, 0.3) is 0 Å². The lowest BCUT2D eigenvalue weighted by Gasteiger charge is -2.09. The van der Waals surface area contributed by atoms with Gasteiger partial charge in [0.1, 0.15) is 18.2 Å². The molecule has 0 fully saturated rings. The number of aromatic nitrogens is 4. The van der Waals surface area contributed by atoms with E-state index in [1.807, 2.05) is 18.2 Å². The zero-order chi connectivity index (χ0) is 19.0. The van der Waals surface area contributed by atoms with Gasteiger partial charge in [-0.1, -0.05) is 18.2 Å². The molecular weight excluding hydrogens is 368 g/mol. The van der Waals surface area contributed by atoms with E-state index in [0.29, 0.717) is 23.9 Å². The zero-order valence-electron chi connectivity index (χ0n) is 14.5. The molecule has 0 amide bonds. The Balaban J connectivity index is 1.36. The molecule has 0 bridgehead atoms. The zero-order valence-corrected chi connectivity index (χ0v) is 15.3. The van der Waals surface area contributed by atoms with Crippen molar-refractivity contribution in [3.63, 3.8) is 0 Å². The van der Waals surface area contributed by atoms with Crippen LogP contribution in [0.5, 0.6) is 5.75 Å². The van der Waals surface area contributed by atoms with Crippen LogP contribution in [0.15, 0.2) is 60.9 Å². The summed E-state index contributed by atoms with van der Waals surface area (Å²) in [4.78, 5) is 0. The number of benzene rings is 1. The smallest absolute Gasteiger partial charge is 0.215 e. The van der Waals surface area contributed by atoms with Crippen LogP contribution >= 0.6 is 0 Å². The summed E-state index contributed by atoms with van der Waals surface area (Å²) in [5.74, 6) is 1.69. The summed E-state index contributed by atoms with van der Waals surface area (Å²) in [6, 6.07) is 14.4. The molecule has 2 N–H and O–H groups in total. The SMILES string of the molecule is O=S(=O)(CCOc1ccccc1)NCCNc1ccc(-n2cccn2)nn1. The second-order valence-electron chi connectivity index (χ2n) is 5.53. The third kappa shape index (κ3) is 6.04. The molecule has 0 spiro atoms. The van der Waals surface area contributed by atoms with Crippen molar-refractivity contribution in [2.24, 2.45) is 0 Å². The molecule has 0 saturated heterocycles. The Bertz CT molecular complexity index is 915. The van der Waals surface area contributed by atoms with E-state index in [1.54, 1.807) is 47.4 Å². The molecule has 0 aliphatic rings. The third-order valence-corrected chi connectivity index (χ3v) is 4.85. The van der Waals surface area contributed by atoms with E-state index in [2.05, 4.69) is 25.3 Å². The van der Waals surface area contributed by atoms with Gasteiger partial charge in [0.05, 0.1) is 5.75 Å². The van der Waals surface area contributed by atoms with Crippen LogP contribution in [0.4, 0.5) is 5.82 Å². The van der Waals surface area contributed by atoms with Crippen molar-refractivity contribution in [1.82, 2.24) is 24.7 Å². The number of anilines is 1. The predicted octanol–water partition coefficient (Wildman–Crippen LogP) is 1.07. The summed E-state index contributed by atoms with van der Waals surface area (Å²) < 4.78 is 33.4. The fourth-order valence-corrected chi connectivity index (χ4v) is 3.06. The van der Waals surface area contributed by atoms with Gasteiger partial charge in [0, 0.05) is 25.5 Å². The number of rotatable bonds is 10. The second-order valence-corrected chi connectivity index (χ2v) is 7.46. The summed E-state index contributed by atoms with van der Waals surface area (Å²) in [5, 5.41) is 15.2. The van der Waals surface area contributed by atoms with Gasteiger partial charge in [-0.05, 0) is 30.3 Å². The molecule has 2 aromatic heterocycles. The van der Waals surface area contributed by atoms with Gasteiger partial charge >= 0.3 is 0 Å². The Morgan fingerprint density at radius 2 is 1.85 bits per heavy atom. The highest BCUT2D eigenvalue weighted by Crippen LogP contribution is 2.08. The molecule has 1 aromatic carbocycles. The summed E-state index contributed by atoms with van der Waals surface area (Å²) in [5.41, 5.74) is 0. The van der Waals surface area contributed by atoms with Crippen molar-refractivity contribution in [3.8, 4) is 11.6 Å². The topological polar surface area (TPSA) is 111 Å². The number of hydrogen-bond acceptors (Lipinski definition) is 7. The number of hydrogen-bond donors (Lipinski definition) is 2. The molecular formula is C17H20N6O3S. The molecule has 3 aromatic rings. The van der Waals surface area contributed by atoms with Crippen LogP contribution in [0.3, 0.4) is 0 Å². The largest absolute Gasteiger partial charge is 0.492 e. The minimum Gasteiger partial charge on any atom is -0.492 e. The van der Waals surface area contributed by atoms with E-state index < -0.39 is 10.0 Å². The van der Waals surface area contributed by atoms with Crippen LogP contribution in [0.25, 0.3) is 5.82 Å². The molecule has 3 rings (SSSR count). The summed E-state index contributed by atoms with van der Waals surface area (Å²) in [7, 11) is -3.41. The standard InChI is InChI=1S/C17H20N6O3S/c24-27(25,14-13-26-15-5-2-1-3-6-15)20-11-10-18-16-7-8-17(22-21-16)23-12-4-9-19-23/h1-9,12,20H,10-11,13-14H2,(H,18,21). The highest BCUT2D eigenvalue weighted by Gasteiger charge is 2.09. The summed E-state index contributed by atoms with van der Waals surface area (Å²) in [6.45, 7) is 0.706. The molecule has 142 valence electrons. The molecule has 0 atom stereocenters. The number of sulfonamides is 1. The number of ether oxygens (including phenoxy) is 1. The fourth-order valence-electron chi connectivity index (χ4n) is 2.20. The molecule has 2 heterocycles. The van der Waals surface area contributed by atoms with Crippen molar-refractivity contribution in [1.29, 1.82) is 0 Å². The van der Waals surface area contributed by atoms with Crippen LogP contribution < -0.4 is 14.8 Å². The van der Waals surface area contributed by atoms with Crippen molar-refractivity contribution >= 4 is 15.8 Å². The lowest BCUT2D eigenvalue weighted by atomic mass is 10.3. The average Bonchev–Trinajstić information content (AvgIpc) is 3.21. The third-order valence-electron chi connectivity index (χ3n) is 3.51. The summed E-state index contributed by atoms with van der Waals surface area (Å²) in [6.07, 6.45) is 3.43. The van der Waals surface area contributed by atoms with Crippen molar-refractivity contribution in [2.75, 3.05) is 30.8 Å². The monoisotopic (exact) mass is 388 g/mol. The van der Waals surface area contributed by atoms with E-state index >= 15 is 0 Å². The Morgan fingerprint density at radius 1 is 1.00 bits per heavy atom. The van der Waals surface area contributed by atoms with Gasteiger partial charge in [-0.25, -0.2) is 17.8 Å². The van der Waals surface area contributed by atoms with Gasteiger partial charge in [-0.2, -0.15) is 5.10 Å². The quantitative estimate of drug-likeness (QED) is 0.500. The minimum absolute atomic E-state index is 0.0904. The maximum atomic E-state index is 12.0. The first-order valence-corrected chi connectivity index (χ1v) is 10.0. The van der Waals surface area contributed by atoms with E-state index in [0.717, 1.165) is 0 Å². The van der Waals surface area contributed by atoms with Crippen LogP contribution in [-0.4, -0.2) is 53.8 Å². The second kappa shape index (κ2) is 9.10. The first-order valence-electron chi connectivity index (χ1n) is 8.35. The molecule has 0 radical (unpaired) electrons. The highest BCUT2D eigenvalue weighted by molar-refractivity contribution is 7.89. The van der Waals surface area contributed by atoms with E-state index in [9.17, 15) is 8.42 Å². The highest BCUT2D eigenvalue weighted by atomic mass is 32.2. The lowest BCUT2D eigenvalue weighted by Crippen LogP contribution is -2.32. The molecule has 0 unspecified atom stereocenters. The van der Waals surface area contributed by atoms with Crippen LogP contribution in [0.1, 0.15) is 0 Å². The Labute approximate surface area is 157 Å². The average molecular weight is 388 g/mol. The first-order chi connectivity index (χ1) is 13.1. The molecule has 10 heteroatoms. The predicted molar refractivity (Wildman–Crippen MR) is 101 cm³/mol. The Morgan fingerprint density at radius 3 is 2.56 bits per heavy atom. The Hall–Kier alpha value is -2.98. The molecule has 9 nitrogen and oxygen atoms in total. The van der Waals surface area contributed by atoms with Crippen molar-refractivity contribution in [2.45, 2.75) is 0 Å². The van der Waals surface area contributed by atoms with Crippen molar-refractivity contribution in [3.05, 3.63) is 60.9 Å². The van der Waals surface area contributed by atoms with Crippen LogP contribution in [0.2, 0.25) is 0 Å². The van der Waals surface area contributed by atoms with Crippen LogP contribution in [-0.2, 0) is 10.0 Å². The fraction of sp³-hybridized carbons (Fsp3) is 0.235. The van der Waals surface area contributed by atoms with Gasteiger partial charge in [0.15, 0.2) is 5.82 Å². The number of nitrogens with one attached hydrogen (secondary N) is 2.